The molecule has 1 N–H and O–H groups in total. The molecule has 4 nitrogen and oxygen atoms in total. The van der Waals surface area contributed by atoms with Crippen LogP contribution in [0.3, 0.4) is 0 Å². The Morgan fingerprint density at radius 3 is 2.56 bits per heavy atom. The van der Waals surface area contributed by atoms with Crippen LogP contribution in [0.25, 0.3) is 0 Å². The third-order valence-corrected chi connectivity index (χ3v) is 6.23. The molecule has 2 heterocycles. The Balaban J connectivity index is 1.26. The smallest absolute Gasteiger partial charge is 0.224 e. The normalized spacial score (nSPS) is 25.5. The fourth-order valence-electron chi connectivity index (χ4n) is 4.43. The summed E-state index contributed by atoms with van der Waals surface area (Å²) in [7, 11) is 0. The molecule has 0 radical (unpaired) electrons. The Kier molecular flexibility index (Phi) is 5.74. The van der Waals surface area contributed by atoms with E-state index in [9.17, 15) is 13.6 Å². The lowest BCUT2D eigenvalue weighted by Gasteiger charge is -2.42. The van der Waals surface area contributed by atoms with Crippen LogP contribution in [0.1, 0.15) is 44.1 Å². The average molecular weight is 377 g/mol. The van der Waals surface area contributed by atoms with Crippen LogP contribution in [0, 0.1) is 17.6 Å². The molecule has 2 saturated heterocycles. The number of carbonyl (C=O) groups excluding carboxylic acids is 1. The van der Waals surface area contributed by atoms with Crippen molar-refractivity contribution >= 4 is 5.91 Å². The summed E-state index contributed by atoms with van der Waals surface area (Å²) < 4.78 is 26.9. The number of likely N-dealkylation sites (tertiary alicyclic amines) is 2. The van der Waals surface area contributed by atoms with Crippen molar-refractivity contribution in [2.24, 2.45) is 5.92 Å². The molecule has 2 aliphatic heterocycles. The lowest BCUT2D eigenvalue weighted by molar-refractivity contribution is -0.127. The monoisotopic (exact) mass is 377 g/mol. The number of piperidine rings is 2. The number of amides is 1. The van der Waals surface area contributed by atoms with Crippen LogP contribution in [0.2, 0.25) is 0 Å². The lowest BCUT2D eigenvalue weighted by atomic mass is 9.93. The summed E-state index contributed by atoms with van der Waals surface area (Å²) >= 11 is 0. The zero-order valence-corrected chi connectivity index (χ0v) is 15.8. The lowest BCUT2D eigenvalue weighted by Crippen LogP contribution is -2.50. The van der Waals surface area contributed by atoms with Crippen LogP contribution in [0.5, 0.6) is 0 Å². The summed E-state index contributed by atoms with van der Waals surface area (Å²) in [6.07, 6.45) is 6.44. The number of benzene rings is 1. The van der Waals surface area contributed by atoms with Gasteiger partial charge in [-0.2, -0.15) is 0 Å². The summed E-state index contributed by atoms with van der Waals surface area (Å²) in [4.78, 5) is 17.1. The highest BCUT2D eigenvalue weighted by Gasteiger charge is 2.33. The van der Waals surface area contributed by atoms with Crippen molar-refractivity contribution in [1.29, 1.82) is 0 Å². The van der Waals surface area contributed by atoms with Gasteiger partial charge in [-0.05, 0) is 64.2 Å². The van der Waals surface area contributed by atoms with Crippen molar-refractivity contribution in [3.63, 3.8) is 0 Å². The van der Waals surface area contributed by atoms with Crippen molar-refractivity contribution < 1.29 is 13.6 Å². The summed E-state index contributed by atoms with van der Waals surface area (Å²) in [5.74, 6) is -0.616. The maximum atomic E-state index is 13.9. The van der Waals surface area contributed by atoms with Crippen molar-refractivity contribution in [2.45, 2.75) is 57.2 Å². The second kappa shape index (κ2) is 8.23. The molecule has 148 valence electrons. The maximum absolute atomic E-state index is 13.9. The summed E-state index contributed by atoms with van der Waals surface area (Å²) in [5.41, 5.74) is 0.560. The number of rotatable bonds is 5. The van der Waals surface area contributed by atoms with E-state index in [0.717, 1.165) is 70.8 Å². The van der Waals surface area contributed by atoms with Crippen molar-refractivity contribution in [1.82, 2.24) is 15.1 Å². The Morgan fingerprint density at radius 1 is 1.07 bits per heavy atom. The van der Waals surface area contributed by atoms with Crippen molar-refractivity contribution in [3.8, 4) is 0 Å². The highest BCUT2D eigenvalue weighted by molar-refractivity contribution is 5.79. The van der Waals surface area contributed by atoms with E-state index in [1.54, 1.807) is 6.07 Å². The van der Waals surface area contributed by atoms with E-state index < -0.39 is 11.6 Å². The molecular formula is C21H29F2N3O. The molecule has 0 aromatic heterocycles. The van der Waals surface area contributed by atoms with Crippen molar-refractivity contribution in [3.05, 3.63) is 35.4 Å². The van der Waals surface area contributed by atoms with Gasteiger partial charge in [0.1, 0.15) is 11.6 Å². The Morgan fingerprint density at radius 2 is 1.85 bits per heavy atom. The zero-order chi connectivity index (χ0) is 18.8. The number of carbonyl (C=O) groups is 1. The molecular weight excluding hydrogens is 348 g/mol. The first-order valence-electron chi connectivity index (χ1n) is 10.3. The molecule has 27 heavy (non-hydrogen) atoms. The minimum absolute atomic E-state index is 0.130. The first kappa shape index (κ1) is 18.8. The number of hydrogen-bond donors (Lipinski definition) is 1. The summed E-state index contributed by atoms with van der Waals surface area (Å²) in [6, 6.07) is 4.78. The molecule has 1 saturated carbocycles. The van der Waals surface area contributed by atoms with E-state index in [2.05, 4.69) is 15.1 Å². The molecule has 4 rings (SSSR count). The number of nitrogens with zero attached hydrogens (tertiary/aromatic N) is 2. The fourth-order valence-corrected chi connectivity index (χ4v) is 4.43. The van der Waals surface area contributed by atoms with Gasteiger partial charge in [0.25, 0.3) is 0 Å². The first-order valence-corrected chi connectivity index (χ1v) is 10.3. The second-order valence-electron chi connectivity index (χ2n) is 8.36. The third kappa shape index (κ3) is 4.85. The Hall–Kier alpha value is -1.53. The predicted molar refractivity (Wildman–Crippen MR) is 100 cm³/mol. The summed E-state index contributed by atoms with van der Waals surface area (Å²) in [5, 5.41) is 3.15. The predicted octanol–water partition coefficient (Wildman–Crippen LogP) is 2.92. The van der Waals surface area contributed by atoms with Gasteiger partial charge in [0.05, 0.1) is 5.92 Å². The quantitative estimate of drug-likeness (QED) is 0.857. The molecule has 3 fully saturated rings. The van der Waals surface area contributed by atoms with Crippen LogP contribution >= 0.6 is 0 Å². The average Bonchev–Trinajstić information content (AvgIpc) is 3.49. The van der Waals surface area contributed by atoms with E-state index in [0.29, 0.717) is 24.2 Å². The molecule has 1 amide bonds. The van der Waals surface area contributed by atoms with E-state index in [4.69, 9.17) is 0 Å². The molecule has 0 bridgehead atoms. The van der Waals surface area contributed by atoms with Crippen molar-refractivity contribution in [2.75, 3.05) is 26.2 Å². The number of nitrogens with one attached hydrogen (secondary N) is 1. The molecule has 1 aromatic rings. The SMILES string of the molecule is O=C(NC1CC1)[C@@H]1CCCN(C2CCN(Cc3ccc(F)cc3F)CC2)C1. The topological polar surface area (TPSA) is 35.6 Å². The zero-order valence-electron chi connectivity index (χ0n) is 15.8. The fraction of sp³-hybridized carbons (Fsp3) is 0.667. The maximum Gasteiger partial charge on any atom is 0.224 e. The minimum Gasteiger partial charge on any atom is -0.353 e. The van der Waals surface area contributed by atoms with Gasteiger partial charge >= 0.3 is 0 Å². The van der Waals surface area contributed by atoms with Crippen LogP contribution in [-0.4, -0.2) is 54.0 Å². The summed E-state index contributed by atoms with van der Waals surface area (Å²) in [6.45, 7) is 4.30. The first-order chi connectivity index (χ1) is 13.1. The Labute approximate surface area is 159 Å². The third-order valence-electron chi connectivity index (χ3n) is 6.23. The largest absolute Gasteiger partial charge is 0.353 e. The minimum atomic E-state index is -0.527. The van der Waals surface area contributed by atoms with Crippen LogP contribution in [0.4, 0.5) is 8.78 Å². The molecule has 1 atom stereocenters. The number of halogens is 2. The van der Waals surface area contributed by atoms with Gasteiger partial charge in [0.2, 0.25) is 5.91 Å². The molecule has 1 aliphatic carbocycles. The van der Waals surface area contributed by atoms with Gasteiger partial charge in [-0.25, -0.2) is 8.78 Å². The second-order valence-corrected chi connectivity index (χ2v) is 8.36. The van der Waals surface area contributed by atoms with Crippen LogP contribution < -0.4 is 5.32 Å². The highest BCUT2D eigenvalue weighted by atomic mass is 19.1. The molecule has 0 unspecified atom stereocenters. The van der Waals surface area contributed by atoms with E-state index >= 15 is 0 Å². The van der Waals surface area contributed by atoms with Crippen LogP contribution in [-0.2, 0) is 11.3 Å². The van der Waals surface area contributed by atoms with Gasteiger partial charge in [0.15, 0.2) is 0 Å². The van der Waals surface area contributed by atoms with Gasteiger partial charge in [-0.15, -0.1) is 0 Å². The Bertz CT molecular complexity index is 671. The van der Waals surface area contributed by atoms with Gasteiger partial charge < -0.3 is 5.32 Å². The van der Waals surface area contributed by atoms with Gasteiger partial charge in [-0.1, -0.05) is 6.07 Å². The van der Waals surface area contributed by atoms with E-state index in [1.165, 1.54) is 6.07 Å². The molecule has 3 aliphatic rings. The molecule has 1 aromatic carbocycles. The molecule has 6 heteroatoms. The van der Waals surface area contributed by atoms with Gasteiger partial charge in [-0.3, -0.25) is 14.6 Å². The molecule has 0 spiro atoms. The standard InChI is InChI=1S/C21H29F2N3O/c22-17-4-3-15(20(23)12-17)13-25-10-7-19(8-11-25)26-9-1-2-16(14-26)21(27)24-18-5-6-18/h3-4,12,16,18-19H,1-2,5-11,13-14H2,(H,24,27)/t16-/m1/s1. The van der Waals surface area contributed by atoms with Gasteiger partial charge in [0, 0.05) is 36.8 Å². The van der Waals surface area contributed by atoms with E-state index in [-0.39, 0.29) is 11.8 Å². The van der Waals surface area contributed by atoms with E-state index in [1.807, 2.05) is 0 Å². The van der Waals surface area contributed by atoms with Crippen LogP contribution in [0.15, 0.2) is 18.2 Å². The highest BCUT2D eigenvalue weighted by Crippen LogP contribution is 2.26. The number of hydrogen-bond acceptors (Lipinski definition) is 3.